The Morgan fingerprint density at radius 3 is 2.50 bits per heavy atom. The average molecular weight is 475 g/mol. The van der Waals surface area contributed by atoms with E-state index in [1.54, 1.807) is 35.4 Å². The summed E-state index contributed by atoms with van der Waals surface area (Å²) in [6.45, 7) is 3.00. The molecular weight excluding hydrogens is 455 g/mol. The van der Waals surface area contributed by atoms with Crippen molar-refractivity contribution in [3.8, 4) is 11.6 Å². The molecule has 3 heterocycles. The van der Waals surface area contributed by atoms with Crippen LogP contribution in [0.5, 0.6) is 11.6 Å². The van der Waals surface area contributed by atoms with Crippen LogP contribution in [0.15, 0.2) is 59.3 Å². The predicted molar refractivity (Wildman–Crippen MR) is 120 cm³/mol. The summed E-state index contributed by atoms with van der Waals surface area (Å²) in [7, 11) is 0. The zero-order valence-corrected chi connectivity index (χ0v) is 18.5. The quantitative estimate of drug-likeness (QED) is 0.561. The van der Waals surface area contributed by atoms with E-state index in [4.69, 9.17) is 32.4 Å². The van der Waals surface area contributed by atoms with E-state index >= 15 is 0 Å². The fourth-order valence-electron chi connectivity index (χ4n) is 3.26. The molecule has 166 valence electrons. The van der Waals surface area contributed by atoms with E-state index < -0.39 is 11.8 Å². The molecule has 10 heteroatoms. The first-order valence-corrected chi connectivity index (χ1v) is 10.7. The molecule has 1 aliphatic rings. The number of nitrogens with one attached hydrogen (secondary N) is 1. The molecule has 2 amide bonds. The number of halogens is 2. The number of piperazine rings is 1. The first kappa shape index (κ1) is 22.1. The molecule has 4 rings (SSSR count). The van der Waals surface area contributed by atoms with Crippen LogP contribution in [-0.2, 0) is 16.1 Å². The predicted octanol–water partition coefficient (Wildman–Crippen LogP) is 4.06. The number of anilines is 1. The molecule has 0 radical (unpaired) electrons. The lowest BCUT2D eigenvalue weighted by molar-refractivity contribution is -0.144. The third-order valence-corrected chi connectivity index (χ3v) is 5.39. The zero-order chi connectivity index (χ0) is 22.5. The highest BCUT2D eigenvalue weighted by molar-refractivity contribution is 6.39. The minimum Gasteiger partial charge on any atom is -0.468 e. The van der Waals surface area contributed by atoms with Gasteiger partial charge in [-0.25, -0.2) is 4.98 Å². The molecule has 1 fully saturated rings. The van der Waals surface area contributed by atoms with E-state index in [0.29, 0.717) is 49.2 Å². The Kier molecular flexibility index (Phi) is 6.94. The smallest absolute Gasteiger partial charge is 0.313 e. The molecule has 3 aromatic rings. The lowest BCUT2D eigenvalue weighted by Crippen LogP contribution is -2.51. The molecule has 0 bridgehead atoms. The monoisotopic (exact) mass is 474 g/mol. The molecule has 1 N–H and O–H groups in total. The van der Waals surface area contributed by atoms with E-state index in [-0.39, 0.29) is 10.9 Å². The molecule has 1 aromatic carbocycles. The number of rotatable bonds is 5. The first-order chi connectivity index (χ1) is 15.5. The highest BCUT2D eigenvalue weighted by Gasteiger charge is 2.26. The number of aromatic nitrogens is 1. The lowest BCUT2D eigenvalue weighted by atomic mass is 10.2. The second-order valence-corrected chi connectivity index (χ2v) is 8.01. The van der Waals surface area contributed by atoms with Gasteiger partial charge in [0, 0.05) is 38.1 Å². The Hall–Kier alpha value is -3.07. The topological polar surface area (TPSA) is 87.9 Å². The Bertz CT molecular complexity index is 1080. The van der Waals surface area contributed by atoms with Crippen molar-refractivity contribution in [1.82, 2.24) is 14.8 Å². The van der Waals surface area contributed by atoms with Crippen molar-refractivity contribution in [3.63, 3.8) is 0 Å². The van der Waals surface area contributed by atoms with Gasteiger partial charge in [0.15, 0.2) is 0 Å². The highest BCUT2D eigenvalue weighted by Crippen LogP contribution is 2.29. The second kappa shape index (κ2) is 10.0. The van der Waals surface area contributed by atoms with E-state index in [9.17, 15) is 9.59 Å². The maximum atomic E-state index is 12.5. The molecule has 32 heavy (non-hydrogen) atoms. The third-order valence-electron chi connectivity index (χ3n) is 4.91. The lowest BCUT2D eigenvalue weighted by Gasteiger charge is -2.33. The number of ether oxygens (including phenoxy) is 1. The van der Waals surface area contributed by atoms with E-state index in [1.165, 1.54) is 12.3 Å². The van der Waals surface area contributed by atoms with Crippen LogP contribution in [0.25, 0.3) is 0 Å². The summed E-state index contributed by atoms with van der Waals surface area (Å²) in [6.07, 6.45) is 3.07. The average Bonchev–Trinajstić information content (AvgIpc) is 3.30. The number of benzene rings is 1. The number of pyridine rings is 1. The molecule has 0 atom stereocenters. The van der Waals surface area contributed by atoms with Crippen LogP contribution >= 0.6 is 23.2 Å². The number of furan rings is 1. The maximum absolute atomic E-state index is 12.5. The Morgan fingerprint density at radius 2 is 1.84 bits per heavy atom. The van der Waals surface area contributed by atoms with Crippen molar-refractivity contribution in [1.29, 1.82) is 0 Å². The Morgan fingerprint density at radius 1 is 1.09 bits per heavy atom. The summed E-state index contributed by atoms with van der Waals surface area (Å²) in [5.74, 6) is 0.331. The number of amides is 2. The Balaban J connectivity index is 1.27. The summed E-state index contributed by atoms with van der Waals surface area (Å²) in [4.78, 5) is 32.7. The summed E-state index contributed by atoms with van der Waals surface area (Å²) >= 11 is 11.9. The summed E-state index contributed by atoms with van der Waals surface area (Å²) in [6, 6.07) is 11.8. The number of hydrogen-bond donors (Lipinski definition) is 1. The van der Waals surface area contributed by atoms with Crippen molar-refractivity contribution in [3.05, 3.63) is 70.7 Å². The molecule has 0 saturated carbocycles. The molecule has 0 aliphatic carbocycles. The Labute approximate surface area is 194 Å². The van der Waals surface area contributed by atoms with E-state index in [1.807, 2.05) is 12.1 Å². The van der Waals surface area contributed by atoms with Crippen LogP contribution in [0, 0.1) is 0 Å². The van der Waals surface area contributed by atoms with Gasteiger partial charge in [-0.15, -0.1) is 0 Å². The fourth-order valence-corrected chi connectivity index (χ4v) is 3.67. The molecule has 8 nitrogen and oxygen atoms in total. The molecule has 2 aromatic heterocycles. The van der Waals surface area contributed by atoms with Crippen LogP contribution in [0.1, 0.15) is 5.76 Å². The molecule has 0 unspecified atom stereocenters. The molecule has 1 aliphatic heterocycles. The van der Waals surface area contributed by atoms with Crippen molar-refractivity contribution in [2.75, 3.05) is 31.5 Å². The fraction of sp³-hybridized carbons (Fsp3) is 0.227. The van der Waals surface area contributed by atoms with Gasteiger partial charge in [0.1, 0.15) is 16.5 Å². The van der Waals surface area contributed by atoms with Gasteiger partial charge in [-0.2, -0.15) is 0 Å². The zero-order valence-electron chi connectivity index (χ0n) is 17.0. The second-order valence-electron chi connectivity index (χ2n) is 7.17. The molecular formula is C22H20Cl2N4O4. The number of carbonyl (C=O) groups excluding carboxylic acids is 2. The van der Waals surface area contributed by atoms with E-state index in [0.717, 1.165) is 5.76 Å². The van der Waals surface area contributed by atoms with Gasteiger partial charge < -0.3 is 19.4 Å². The molecule has 0 spiro atoms. The normalized spacial score (nSPS) is 14.2. The van der Waals surface area contributed by atoms with Crippen molar-refractivity contribution >= 4 is 40.7 Å². The van der Waals surface area contributed by atoms with Gasteiger partial charge >= 0.3 is 11.8 Å². The summed E-state index contributed by atoms with van der Waals surface area (Å²) in [5.41, 5.74) is 0.474. The van der Waals surface area contributed by atoms with Gasteiger partial charge in [-0.1, -0.05) is 23.2 Å². The third kappa shape index (κ3) is 5.59. The van der Waals surface area contributed by atoms with Crippen molar-refractivity contribution < 1.29 is 18.7 Å². The van der Waals surface area contributed by atoms with Gasteiger partial charge in [0.05, 0.1) is 17.8 Å². The van der Waals surface area contributed by atoms with Crippen LogP contribution < -0.4 is 10.1 Å². The summed E-state index contributed by atoms with van der Waals surface area (Å²) < 4.78 is 11.0. The number of carbonyl (C=O) groups is 2. The van der Waals surface area contributed by atoms with Gasteiger partial charge in [-0.05, 0) is 42.5 Å². The maximum Gasteiger partial charge on any atom is 0.313 e. The van der Waals surface area contributed by atoms with Crippen LogP contribution in [0.4, 0.5) is 5.69 Å². The minimum absolute atomic E-state index is 0.217. The van der Waals surface area contributed by atoms with E-state index in [2.05, 4.69) is 15.2 Å². The van der Waals surface area contributed by atoms with Crippen molar-refractivity contribution in [2.45, 2.75) is 6.54 Å². The van der Waals surface area contributed by atoms with Crippen LogP contribution in [0.3, 0.4) is 0 Å². The number of hydrogen-bond acceptors (Lipinski definition) is 6. The van der Waals surface area contributed by atoms with Gasteiger partial charge in [0.2, 0.25) is 5.88 Å². The van der Waals surface area contributed by atoms with Crippen LogP contribution in [-0.4, -0.2) is 52.8 Å². The summed E-state index contributed by atoms with van der Waals surface area (Å²) in [5, 5.41) is 3.31. The van der Waals surface area contributed by atoms with Crippen LogP contribution in [0.2, 0.25) is 10.0 Å². The largest absolute Gasteiger partial charge is 0.468 e. The minimum atomic E-state index is -0.680. The standard InChI is InChI=1S/C22H20Cl2N4O4/c23-15-12-19(24)21(25-13-15)32-17-5-3-16(4-6-17)26-20(29)22(30)28-9-7-27(8-10-28)14-18-2-1-11-31-18/h1-6,11-13H,7-10,14H2,(H,26,29). The number of nitrogens with zero attached hydrogens (tertiary/aromatic N) is 3. The highest BCUT2D eigenvalue weighted by atomic mass is 35.5. The molecule has 1 saturated heterocycles. The van der Waals surface area contributed by atoms with Gasteiger partial charge in [-0.3, -0.25) is 14.5 Å². The van der Waals surface area contributed by atoms with Gasteiger partial charge in [0.25, 0.3) is 0 Å². The first-order valence-electron chi connectivity index (χ1n) is 9.92. The van der Waals surface area contributed by atoms with Crippen molar-refractivity contribution in [2.24, 2.45) is 0 Å². The SMILES string of the molecule is O=C(Nc1ccc(Oc2ncc(Cl)cc2Cl)cc1)C(=O)N1CCN(Cc2ccco2)CC1.